The van der Waals surface area contributed by atoms with Gasteiger partial charge in [-0.3, -0.25) is 9.59 Å². The number of esters is 1. The van der Waals surface area contributed by atoms with E-state index in [4.69, 9.17) is 9.47 Å². The number of likely N-dealkylation sites (tertiary alicyclic amines) is 1. The molecule has 0 spiro atoms. The molecular formula is C40H69NO4. The molecule has 1 aliphatic heterocycles. The molecule has 0 unspecified atom stereocenters. The van der Waals surface area contributed by atoms with Crippen molar-refractivity contribution >= 4 is 11.9 Å². The number of ether oxygens (including phenoxy) is 2. The summed E-state index contributed by atoms with van der Waals surface area (Å²) >= 11 is 0. The van der Waals surface area contributed by atoms with E-state index in [1.165, 1.54) is 116 Å². The topological polar surface area (TPSA) is 55.8 Å². The SMILES string of the molecule is CCCCCCCCCCCCCC(=O)OC[C@@H]1C[C@@H](OCc2ccccc2)CN1C(=O)CCCCCCCCCCCCC. The second-order valence-electron chi connectivity index (χ2n) is 13.6. The molecule has 1 amide bonds. The number of nitrogens with zero attached hydrogens (tertiary/aromatic N) is 1. The van der Waals surface area contributed by atoms with Crippen molar-refractivity contribution in [1.82, 2.24) is 4.90 Å². The Bertz CT molecular complexity index is 844. The van der Waals surface area contributed by atoms with E-state index < -0.39 is 0 Å². The maximum Gasteiger partial charge on any atom is 0.305 e. The molecule has 0 radical (unpaired) electrons. The largest absolute Gasteiger partial charge is 0.463 e. The van der Waals surface area contributed by atoms with E-state index in [1.54, 1.807) is 0 Å². The number of rotatable bonds is 29. The summed E-state index contributed by atoms with van der Waals surface area (Å²) in [5, 5.41) is 0. The van der Waals surface area contributed by atoms with Gasteiger partial charge in [0.1, 0.15) is 6.61 Å². The van der Waals surface area contributed by atoms with Crippen LogP contribution in [-0.2, 0) is 25.7 Å². The molecule has 2 rings (SSSR count). The van der Waals surface area contributed by atoms with Crippen LogP contribution in [-0.4, -0.2) is 42.1 Å². The van der Waals surface area contributed by atoms with E-state index in [0.29, 0.717) is 26.0 Å². The predicted molar refractivity (Wildman–Crippen MR) is 188 cm³/mol. The molecule has 1 aromatic rings. The minimum absolute atomic E-state index is 0.0261. The summed E-state index contributed by atoms with van der Waals surface area (Å²) < 4.78 is 12.0. The van der Waals surface area contributed by atoms with Crippen molar-refractivity contribution in [2.24, 2.45) is 0 Å². The number of unbranched alkanes of at least 4 members (excludes halogenated alkanes) is 20. The van der Waals surface area contributed by atoms with Crippen LogP contribution in [0.15, 0.2) is 30.3 Å². The quantitative estimate of drug-likeness (QED) is 0.0655. The molecule has 45 heavy (non-hydrogen) atoms. The van der Waals surface area contributed by atoms with Crippen LogP contribution in [0, 0.1) is 0 Å². The first-order valence-electron chi connectivity index (χ1n) is 19.2. The highest BCUT2D eigenvalue weighted by Crippen LogP contribution is 2.24. The van der Waals surface area contributed by atoms with E-state index in [2.05, 4.69) is 26.0 Å². The molecule has 0 bridgehead atoms. The van der Waals surface area contributed by atoms with Crippen molar-refractivity contribution in [1.29, 1.82) is 0 Å². The zero-order valence-electron chi connectivity index (χ0n) is 29.4. The third-order valence-corrected chi connectivity index (χ3v) is 9.44. The van der Waals surface area contributed by atoms with Crippen LogP contribution >= 0.6 is 0 Å². The normalized spacial score (nSPS) is 16.4. The Labute approximate surface area is 277 Å². The van der Waals surface area contributed by atoms with Crippen molar-refractivity contribution in [3.8, 4) is 0 Å². The van der Waals surface area contributed by atoms with Gasteiger partial charge in [0.15, 0.2) is 0 Å². The molecule has 2 atom stereocenters. The van der Waals surface area contributed by atoms with E-state index in [1.807, 2.05) is 23.1 Å². The third-order valence-electron chi connectivity index (χ3n) is 9.44. The average Bonchev–Trinajstić information content (AvgIpc) is 3.48. The van der Waals surface area contributed by atoms with Gasteiger partial charge in [0, 0.05) is 19.4 Å². The van der Waals surface area contributed by atoms with Gasteiger partial charge in [0.25, 0.3) is 0 Å². The number of hydrogen-bond donors (Lipinski definition) is 0. The van der Waals surface area contributed by atoms with Crippen molar-refractivity contribution in [3.05, 3.63) is 35.9 Å². The fraction of sp³-hybridized carbons (Fsp3) is 0.800. The Morgan fingerprint density at radius 3 is 1.62 bits per heavy atom. The van der Waals surface area contributed by atoms with Gasteiger partial charge in [-0.1, -0.05) is 173 Å². The van der Waals surface area contributed by atoms with Gasteiger partial charge in [0.2, 0.25) is 5.91 Å². The molecule has 0 aliphatic carbocycles. The Morgan fingerprint density at radius 2 is 1.11 bits per heavy atom. The average molecular weight is 628 g/mol. The zero-order chi connectivity index (χ0) is 32.2. The first kappa shape index (κ1) is 39.3. The van der Waals surface area contributed by atoms with Crippen molar-refractivity contribution in [2.75, 3.05) is 13.2 Å². The summed E-state index contributed by atoms with van der Waals surface area (Å²) in [5.74, 6) is 0.0560. The third kappa shape index (κ3) is 20.1. The molecule has 5 heteroatoms. The van der Waals surface area contributed by atoms with E-state index in [0.717, 1.165) is 37.7 Å². The van der Waals surface area contributed by atoms with Crippen LogP contribution in [0.5, 0.6) is 0 Å². The fourth-order valence-corrected chi connectivity index (χ4v) is 6.53. The number of amides is 1. The summed E-state index contributed by atoms with van der Waals surface area (Å²) in [5.41, 5.74) is 1.14. The molecule has 0 aromatic heterocycles. The molecule has 1 fully saturated rings. The van der Waals surface area contributed by atoms with Crippen LogP contribution in [0.4, 0.5) is 0 Å². The lowest BCUT2D eigenvalue weighted by atomic mass is 10.1. The number of carbonyl (C=O) groups is 2. The Morgan fingerprint density at radius 1 is 0.644 bits per heavy atom. The standard InChI is InChI=1S/C40H69NO4/c1-3-5-7-9-11-13-15-17-19-21-26-30-39(42)41-33-38(44-34-36-28-24-23-25-29-36)32-37(41)35-45-40(43)31-27-22-20-18-16-14-12-10-8-6-4-2/h23-25,28-29,37-38H,3-22,26-27,30-35H2,1-2H3/t37-,38+/m0/s1. The Kier molecular flexibility index (Phi) is 23.8. The lowest BCUT2D eigenvalue weighted by Gasteiger charge is -2.24. The molecule has 5 nitrogen and oxygen atoms in total. The molecule has 1 heterocycles. The first-order valence-corrected chi connectivity index (χ1v) is 19.2. The molecule has 1 aliphatic rings. The highest BCUT2D eigenvalue weighted by molar-refractivity contribution is 5.77. The zero-order valence-corrected chi connectivity index (χ0v) is 29.4. The summed E-state index contributed by atoms with van der Waals surface area (Å²) in [6.45, 7) is 5.94. The molecule has 258 valence electrons. The van der Waals surface area contributed by atoms with Crippen LogP contribution in [0.2, 0.25) is 0 Å². The summed E-state index contributed by atoms with van der Waals surface area (Å²) in [6, 6.07) is 10.1. The van der Waals surface area contributed by atoms with Crippen LogP contribution in [0.25, 0.3) is 0 Å². The minimum Gasteiger partial charge on any atom is -0.463 e. The number of hydrogen-bond acceptors (Lipinski definition) is 4. The van der Waals surface area contributed by atoms with Crippen molar-refractivity contribution < 1.29 is 19.1 Å². The number of benzene rings is 1. The lowest BCUT2D eigenvalue weighted by Crippen LogP contribution is -2.39. The van der Waals surface area contributed by atoms with Crippen LogP contribution < -0.4 is 0 Å². The Balaban J connectivity index is 1.65. The first-order chi connectivity index (χ1) is 22.1. The molecule has 0 N–H and O–H groups in total. The fourth-order valence-electron chi connectivity index (χ4n) is 6.53. The van der Waals surface area contributed by atoms with Gasteiger partial charge in [-0.05, 0) is 24.8 Å². The van der Waals surface area contributed by atoms with Gasteiger partial charge in [-0.25, -0.2) is 0 Å². The highest BCUT2D eigenvalue weighted by Gasteiger charge is 2.36. The van der Waals surface area contributed by atoms with Crippen LogP contribution in [0.1, 0.15) is 180 Å². The summed E-state index contributed by atoms with van der Waals surface area (Å²) in [6.07, 6.45) is 29.7. The monoisotopic (exact) mass is 628 g/mol. The second kappa shape index (κ2) is 27.3. The highest BCUT2D eigenvalue weighted by atomic mass is 16.5. The van der Waals surface area contributed by atoms with Gasteiger partial charge in [0.05, 0.1) is 18.8 Å². The predicted octanol–water partition coefficient (Wildman–Crippen LogP) is 11.1. The second-order valence-corrected chi connectivity index (χ2v) is 13.6. The van der Waals surface area contributed by atoms with E-state index in [-0.39, 0.29) is 30.6 Å². The molecule has 1 saturated heterocycles. The maximum absolute atomic E-state index is 13.3. The smallest absolute Gasteiger partial charge is 0.305 e. The lowest BCUT2D eigenvalue weighted by molar-refractivity contribution is -0.147. The van der Waals surface area contributed by atoms with Gasteiger partial charge in [-0.15, -0.1) is 0 Å². The van der Waals surface area contributed by atoms with Gasteiger partial charge in [-0.2, -0.15) is 0 Å². The number of carbonyl (C=O) groups excluding carboxylic acids is 2. The van der Waals surface area contributed by atoms with Crippen molar-refractivity contribution in [2.45, 2.75) is 193 Å². The van der Waals surface area contributed by atoms with E-state index >= 15 is 0 Å². The molecule has 1 aromatic carbocycles. The summed E-state index contributed by atoms with van der Waals surface area (Å²) in [4.78, 5) is 27.8. The molecular weight excluding hydrogens is 558 g/mol. The minimum atomic E-state index is -0.127. The maximum atomic E-state index is 13.3. The Hall–Kier alpha value is -1.88. The van der Waals surface area contributed by atoms with Crippen LogP contribution in [0.3, 0.4) is 0 Å². The summed E-state index contributed by atoms with van der Waals surface area (Å²) in [7, 11) is 0. The van der Waals surface area contributed by atoms with Gasteiger partial charge < -0.3 is 14.4 Å². The molecule has 0 saturated carbocycles. The van der Waals surface area contributed by atoms with Crippen molar-refractivity contribution in [3.63, 3.8) is 0 Å². The van der Waals surface area contributed by atoms with E-state index in [9.17, 15) is 9.59 Å². The van der Waals surface area contributed by atoms with Gasteiger partial charge >= 0.3 is 5.97 Å².